The molecule has 0 atom stereocenters. The smallest absolute Gasteiger partial charge is 0.339 e. The molecule has 182 valence electrons. The molecule has 0 saturated heterocycles. The van der Waals surface area contributed by atoms with Gasteiger partial charge in [0.2, 0.25) is 0 Å². The summed E-state index contributed by atoms with van der Waals surface area (Å²) in [6.45, 7) is -0.431. The van der Waals surface area contributed by atoms with E-state index in [1.165, 1.54) is 11.8 Å². The Morgan fingerprint density at radius 1 is 0.892 bits per heavy atom. The molecule has 0 saturated carbocycles. The topological polar surface area (TPSA) is 81.2 Å². The normalized spacial score (nSPS) is 10.7. The Kier molecular flexibility index (Phi) is 7.44. The molecule has 5 rings (SSSR count). The molecule has 0 fully saturated rings. The monoisotopic (exact) mass is 525 g/mol. The average molecular weight is 526 g/mol. The maximum atomic E-state index is 13.1. The first-order valence-electron chi connectivity index (χ1n) is 11.4. The number of amides is 1. The Bertz CT molecular complexity index is 1580. The van der Waals surface area contributed by atoms with Crippen molar-refractivity contribution in [2.24, 2.45) is 0 Å². The maximum Gasteiger partial charge on any atom is 0.339 e. The Morgan fingerprint density at radius 3 is 2.43 bits per heavy atom. The predicted molar refractivity (Wildman–Crippen MR) is 146 cm³/mol. The predicted octanol–water partition coefficient (Wildman–Crippen LogP) is 6.90. The summed E-state index contributed by atoms with van der Waals surface area (Å²) < 4.78 is 5.42. The van der Waals surface area contributed by atoms with Crippen molar-refractivity contribution in [3.05, 3.63) is 114 Å². The molecule has 0 radical (unpaired) electrons. The van der Waals surface area contributed by atoms with Crippen LogP contribution in [-0.2, 0) is 9.53 Å². The van der Waals surface area contributed by atoms with Crippen LogP contribution in [0.1, 0.15) is 10.4 Å². The maximum absolute atomic E-state index is 13.1. The first kappa shape index (κ1) is 24.5. The third kappa shape index (κ3) is 5.97. The van der Waals surface area contributed by atoms with Crippen molar-refractivity contribution < 1.29 is 14.3 Å². The molecule has 0 unspecified atom stereocenters. The number of rotatable bonds is 7. The van der Waals surface area contributed by atoms with Gasteiger partial charge < -0.3 is 10.1 Å². The zero-order valence-corrected chi connectivity index (χ0v) is 21.0. The summed E-state index contributed by atoms with van der Waals surface area (Å²) in [5, 5.41) is 4.14. The summed E-state index contributed by atoms with van der Waals surface area (Å²) in [4.78, 5) is 36.3. The lowest BCUT2D eigenvalue weighted by Gasteiger charge is -2.12. The highest BCUT2D eigenvalue weighted by Gasteiger charge is 2.17. The highest BCUT2D eigenvalue weighted by Crippen LogP contribution is 2.34. The lowest BCUT2D eigenvalue weighted by molar-refractivity contribution is -0.119. The van der Waals surface area contributed by atoms with Gasteiger partial charge in [-0.3, -0.25) is 9.78 Å². The van der Waals surface area contributed by atoms with Crippen LogP contribution in [-0.4, -0.2) is 28.5 Å². The molecule has 2 heterocycles. The molecule has 37 heavy (non-hydrogen) atoms. The zero-order valence-electron chi connectivity index (χ0n) is 19.4. The Balaban J connectivity index is 1.31. The second kappa shape index (κ2) is 11.2. The summed E-state index contributed by atoms with van der Waals surface area (Å²) in [6, 6.07) is 27.5. The van der Waals surface area contributed by atoms with E-state index < -0.39 is 18.5 Å². The van der Waals surface area contributed by atoms with Crippen molar-refractivity contribution in [1.82, 2.24) is 9.97 Å². The van der Waals surface area contributed by atoms with Crippen molar-refractivity contribution in [2.45, 2.75) is 9.79 Å². The fourth-order valence-corrected chi connectivity index (χ4v) is 4.73. The number of benzene rings is 3. The number of halogens is 1. The van der Waals surface area contributed by atoms with Gasteiger partial charge in [0.1, 0.15) is 0 Å². The van der Waals surface area contributed by atoms with Gasteiger partial charge in [-0.2, -0.15) is 0 Å². The van der Waals surface area contributed by atoms with Crippen LogP contribution in [0.5, 0.6) is 0 Å². The largest absolute Gasteiger partial charge is 0.452 e. The SMILES string of the molecule is O=C(COC(=O)c1cc(-c2ccncc2)nc2ccccc12)Nc1ccccc1Sc1ccc(Cl)cc1. The van der Waals surface area contributed by atoms with E-state index in [4.69, 9.17) is 16.3 Å². The summed E-state index contributed by atoms with van der Waals surface area (Å²) in [7, 11) is 0. The Hall–Kier alpha value is -4.20. The van der Waals surface area contributed by atoms with E-state index in [0.717, 1.165) is 15.4 Å². The van der Waals surface area contributed by atoms with Crippen molar-refractivity contribution in [3.63, 3.8) is 0 Å². The first-order valence-corrected chi connectivity index (χ1v) is 12.6. The van der Waals surface area contributed by atoms with Gasteiger partial charge in [0.25, 0.3) is 5.91 Å². The molecule has 0 aliphatic heterocycles. The van der Waals surface area contributed by atoms with E-state index in [1.807, 2.05) is 72.8 Å². The number of nitrogens with zero attached hydrogens (tertiary/aromatic N) is 2. The van der Waals surface area contributed by atoms with E-state index in [9.17, 15) is 9.59 Å². The number of anilines is 1. The van der Waals surface area contributed by atoms with Gasteiger partial charge in [-0.05, 0) is 60.7 Å². The lowest BCUT2D eigenvalue weighted by Crippen LogP contribution is -2.21. The van der Waals surface area contributed by atoms with E-state index >= 15 is 0 Å². The number of carbonyl (C=O) groups is 2. The van der Waals surface area contributed by atoms with E-state index in [1.54, 1.807) is 30.6 Å². The summed E-state index contributed by atoms with van der Waals surface area (Å²) in [6.07, 6.45) is 3.33. The summed E-state index contributed by atoms with van der Waals surface area (Å²) in [5.41, 5.74) is 3.05. The van der Waals surface area contributed by atoms with Crippen molar-refractivity contribution in [3.8, 4) is 11.3 Å². The third-order valence-corrected chi connectivity index (χ3v) is 6.78. The molecule has 8 heteroatoms. The molecule has 0 aliphatic rings. The highest BCUT2D eigenvalue weighted by molar-refractivity contribution is 7.99. The van der Waals surface area contributed by atoms with Gasteiger partial charge in [0.15, 0.2) is 6.61 Å². The standard InChI is InChI=1S/C29H20ClN3O3S/c30-20-9-11-21(12-10-20)37-27-8-4-3-7-25(27)33-28(34)18-36-29(35)23-17-26(19-13-15-31-16-14-19)32-24-6-2-1-5-22(23)24/h1-17H,18H2,(H,33,34). The molecule has 3 aromatic carbocycles. The van der Waals surface area contributed by atoms with Gasteiger partial charge in [0.05, 0.1) is 22.5 Å². The van der Waals surface area contributed by atoms with Crippen molar-refractivity contribution in [2.75, 3.05) is 11.9 Å². The minimum atomic E-state index is -0.604. The minimum Gasteiger partial charge on any atom is -0.452 e. The molecule has 1 amide bonds. The number of nitrogens with one attached hydrogen (secondary N) is 1. The van der Waals surface area contributed by atoms with Crippen LogP contribution >= 0.6 is 23.4 Å². The summed E-state index contributed by atoms with van der Waals surface area (Å²) in [5.74, 6) is -1.04. The van der Waals surface area contributed by atoms with E-state index in [-0.39, 0.29) is 0 Å². The second-order valence-corrected chi connectivity index (χ2v) is 9.54. The Morgan fingerprint density at radius 2 is 1.62 bits per heavy atom. The van der Waals surface area contributed by atoms with Crippen LogP contribution in [0.15, 0.2) is 113 Å². The fraction of sp³-hybridized carbons (Fsp3) is 0.0345. The van der Waals surface area contributed by atoms with Crippen LogP contribution in [0.4, 0.5) is 5.69 Å². The molecule has 1 N–H and O–H groups in total. The number of hydrogen-bond donors (Lipinski definition) is 1. The van der Waals surface area contributed by atoms with Crippen LogP contribution < -0.4 is 5.32 Å². The number of carbonyl (C=O) groups excluding carboxylic acids is 2. The molecule has 0 spiro atoms. The average Bonchev–Trinajstić information content (AvgIpc) is 2.94. The molecular weight excluding hydrogens is 506 g/mol. The van der Waals surface area contributed by atoms with Crippen molar-refractivity contribution in [1.29, 1.82) is 0 Å². The van der Waals surface area contributed by atoms with Crippen LogP contribution in [0.2, 0.25) is 5.02 Å². The number of pyridine rings is 2. The number of para-hydroxylation sites is 2. The van der Waals surface area contributed by atoms with E-state index in [0.29, 0.717) is 32.9 Å². The second-order valence-electron chi connectivity index (χ2n) is 7.98. The zero-order chi connectivity index (χ0) is 25.6. The number of aromatic nitrogens is 2. The summed E-state index contributed by atoms with van der Waals surface area (Å²) >= 11 is 7.47. The first-order chi connectivity index (χ1) is 18.1. The number of ether oxygens (including phenoxy) is 1. The molecular formula is C29H20ClN3O3S. The lowest BCUT2D eigenvalue weighted by atomic mass is 10.0. The van der Waals surface area contributed by atoms with Crippen molar-refractivity contribution >= 4 is 51.8 Å². The number of esters is 1. The number of fused-ring (bicyclic) bond motifs is 1. The van der Waals surface area contributed by atoms with Gasteiger partial charge in [-0.15, -0.1) is 0 Å². The molecule has 0 bridgehead atoms. The van der Waals surface area contributed by atoms with Gasteiger partial charge in [0, 0.05) is 38.2 Å². The van der Waals surface area contributed by atoms with E-state index in [2.05, 4.69) is 15.3 Å². The van der Waals surface area contributed by atoms with Crippen LogP contribution in [0.3, 0.4) is 0 Å². The molecule has 5 aromatic rings. The van der Waals surface area contributed by atoms with Gasteiger partial charge in [-0.25, -0.2) is 9.78 Å². The minimum absolute atomic E-state index is 0.337. The third-order valence-electron chi connectivity index (χ3n) is 5.45. The van der Waals surface area contributed by atoms with Crippen LogP contribution in [0.25, 0.3) is 22.2 Å². The highest BCUT2D eigenvalue weighted by atomic mass is 35.5. The molecule has 2 aromatic heterocycles. The fourth-order valence-electron chi connectivity index (χ4n) is 3.70. The van der Waals surface area contributed by atoms with Gasteiger partial charge >= 0.3 is 5.97 Å². The number of hydrogen-bond acceptors (Lipinski definition) is 6. The van der Waals surface area contributed by atoms with Gasteiger partial charge in [-0.1, -0.05) is 53.7 Å². The Labute approximate surface area is 222 Å². The van der Waals surface area contributed by atoms with Crippen LogP contribution in [0, 0.1) is 0 Å². The molecule has 0 aliphatic carbocycles. The quantitative estimate of drug-likeness (QED) is 0.233. The molecule has 6 nitrogen and oxygen atoms in total.